The number of ether oxygens (including phenoxy) is 1. The number of amides is 2. The Kier molecular flexibility index (Phi) is 5.79. The van der Waals surface area contributed by atoms with Crippen LogP contribution in [0.25, 0.3) is 0 Å². The highest BCUT2D eigenvalue weighted by molar-refractivity contribution is 6.04. The number of nitrogens with one attached hydrogen (secondary N) is 2. The number of pyridine rings is 1. The Labute approximate surface area is 157 Å². The highest BCUT2D eigenvalue weighted by Gasteiger charge is 2.07. The monoisotopic (exact) mass is 361 g/mol. The van der Waals surface area contributed by atoms with Crippen LogP contribution in [-0.2, 0) is 11.2 Å². The topological polar surface area (TPSA) is 80.3 Å². The van der Waals surface area contributed by atoms with Crippen LogP contribution in [0.15, 0.2) is 73.1 Å². The van der Waals surface area contributed by atoms with E-state index >= 15 is 0 Å². The maximum Gasteiger partial charge on any atom is 0.257 e. The molecule has 2 N–H and O–H groups in total. The summed E-state index contributed by atoms with van der Waals surface area (Å²) in [6.45, 7) is 0. The molecule has 0 saturated heterocycles. The molecule has 0 spiro atoms. The van der Waals surface area contributed by atoms with Crippen LogP contribution in [0.4, 0.5) is 11.4 Å². The molecular formula is C21H19N3O3. The van der Waals surface area contributed by atoms with E-state index in [0.29, 0.717) is 22.7 Å². The van der Waals surface area contributed by atoms with Crippen molar-refractivity contribution >= 4 is 23.2 Å². The van der Waals surface area contributed by atoms with E-state index in [1.807, 2.05) is 24.3 Å². The van der Waals surface area contributed by atoms with Crippen LogP contribution in [0.3, 0.4) is 0 Å². The third-order valence-corrected chi connectivity index (χ3v) is 3.85. The van der Waals surface area contributed by atoms with Crippen molar-refractivity contribution in [2.75, 3.05) is 17.7 Å². The van der Waals surface area contributed by atoms with Crippen LogP contribution >= 0.6 is 0 Å². The molecule has 1 aromatic heterocycles. The quantitative estimate of drug-likeness (QED) is 0.704. The average Bonchev–Trinajstić information content (AvgIpc) is 2.70. The van der Waals surface area contributed by atoms with E-state index in [4.69, 9.17) is 4.74 Å². The van der Waals surface area contributed by atoms with E-state index in [1.165, 1.54) is 6.20 Å². The van der Waals surface area contributed by atoms with Crippen molar-refractivity contribution in [2.24, 2.45) is 0 Å². The van der Waals surface area contributed by atoms with Gasteiger partial charge in [0.1, 0.15) is 5.75 Å². The molecule has 0 saturated carbocycles. The summed E-state index contributed by atoms with van der Waals surface area (Å²) in [6.07, 6.45) is 3.36. The molecule has 3 aromatic rings. The molecule has 3 rings (SSSR count). The second-order valence-corrected chi connectivity index (χ2v) is 5.85. The molecule has 0 unspecified atom stereocenters. The van der Waals surface area contributed by atoms with Gasteiger partial charge >= 0.3 is 0 Å². The number of aromatic nitrogens is 1. The molecule has 2 aromatic carbocycles. The fraction of sp³-hybridized carbons (Fsp3) is 0.0952. The third kappa shape index (κ3) is 5.15. The van der Waals surface area contributed by atoms with Gasteiger partial charge < -0.3 is 15.4 Å². The van der Waals surface area contributed by atoms with Crippen molar-refractivity contribution in [3.63, 3.8) is 0 Å². The van der Waals surface area contributed by atoms with Gasteiger partial charge in [-0.2, -0.15) is 0 Å². The van der Waals surface area contributed by atoms with Crippen LogP contribution in [0.2, 0.25) is 0 Å². The minimum atomic E-state index is -0.238. The second kappa shape index (κ2) is 8.62. The Balaban J connectivity index is 1.57. The van der Waals surface area contributed by atoms with Gasteiger partial charge in [0.25, 0.3) is 5.91 Å². The molecule has 0 atom stereocenters. The molecule has 0 aliphatic heterocycles. The van der Waals surface area contributed by atoms with Crippen molar-refractivity contribution in [1.82, 2.24) is 4.98 Å². The number of carbonyl (C=O) groups is 2. The van der Waals surface area contributed by atoms with Gasteiger partial charge in [-0.05, 0) is 54.1 Å². The summed E-state index contributed by atoms with van der Waals surface area (Å²) in [7, 11) is 1.59. The first-order chi connectivity index (χ1) is 13.1. The van der Waals surface area contributed by atoms with E-state index in [9.17, 15) is 9.59 Å². The second-order valence-electron chi connectivity index (χ2n) is 5.85. The Morgan fingerprint density at radius 1 is 0.963 bits per heavy atom. The summed E-state index contributed by atoms with van der Waals surface area (Å²) in [4.78, 5) is 28.2. The number of hydrogen-bond donors (Lipinski definition) is 2. The molecule has 0 bridgehead atoms. The van der Waals surface area contributed by atoms with E-state index in [2.05, 4.69) is 15.6 Å². The number of benzene rings is 2. The largest absolute Gasteiger partial charge is 0.497 e. The van der Waals surface area contributed by atoms with Crippen LogP contribution < -0.4 is 15.4 Å². The molecule has 1 heterocycles. The maximum atomic E-state index is 12.2. The van der Waals surface area contributed by atoms with Crippen LogP contribution in [0, 0.1) is 0 Å². The first-order valence-corrected chi connectivity index (χ1v) is 8.38. The van der Waals surface area contributed by atoms with Crippen molar-refractivity contribution in [1.29, 1.82) is 0 Å². The average molecular weight is 361 g/mol. The molecule has 27 heavy (non-hydrogen) atoms. The molecule has 2 amide bonds. The first kappa shape index (κ1) is 18.1. The summed E-state index contributed by atoms with van der Waals surface area (Å²) < 4.78 is 5.16. The normalized spacial score (nSPS) is 10.1. The molecule has 136 valence electrons. The number of anilines is 2. The van der Waals surface area contributed by atoms with Gasteiger partial charge in [-0.25, -0.2) is 0 Å². The lowest BCUT2D eigenvalue weighted by atomic mass is 10.1. The SMILES string of the molecule is COc1cccc(CC(=O)Nc2ccc(NC(=O)c3cccnc3)cc2)c1. The highest BCUT2D eigenvalue weighted by Crippen LogP contribution is 2.16. The standard InChI is InChI=1S/C21H19N3O3/c1-27-19-6-2-4-15(12-19)13-20(25)23-17-7-9-18(10-8-17)24-21(26)16-5-3-11-22-14-16/h2-12,14H,13H2,1H3,(H,23,25)(H,24,26). The molecule has 6 heteroatoms. The summed E-state index contributed by atoms with van der Waals surface area (Å²) in [5, 5.41) is 5.62. The van der Waals surface area contributed by atoms with Gasteiger partial charge in [-0.15, -0.1) is 0 Å². The lowest BCUT2D eigenvalue weighted by Crippen LogP contribution is -2.15. The van der Waals surface area contributed by atoms with E-state index in [1.54, 1.807) is 49.7 Å². The minimum Gasteiger partial charge on any atom is -0.497 e. The fourth-order valence-electron chi connectivity index (χ4n) is 2.51. The molecule has 0 aliphatic carbocycles. The first-order valence-electron chi connectivity index (χ1n) is 8.38. The fourth-order valence-corrected chi connectivity index (χ4v) is 2.51. The Hall–Kier alpha value is -3.67. The van der Waals surface area contributed by atoms with Crippen molar-refractivity contribution in [3.05, 3.63) is 84.2 Å². The maximum absolute atomic E-state index is 12.2. The molecule has 6 nitrogen and oxygen atoms in total. The number of hydrogen-bond acceptors (Lipinski definition) is 4. The van der Waals surface area contributed by atoms with E-state index in [-0.39, 0.29) is 18.2 Å². The highest BCUT2D eigenvalue weighted by atomic mass is 16.5. The van der Waals surface area contributed by atoms with Gasteiger partial charge in [0.05, 0.1) is 19.1 Å². The van der Waals surface area contributed by atoms with Gasteiger partial charge in [0.2, 0.25) is 5.91 Å². The Bertz CT molecular complexity index is 925. The van der Waals surface area contributed by atoms with Crippen molar-refractivity contribution in [2.45, 2.75) is 6.42 Å². The number of methoxy groups -OCH3 is 1. The predicted molar refractivity (Wildman–Crippen MR) is 104 cm³/mol. The van der Waals surface area contributed by atoms with Crippen LogP contribution in [0.5, 0.6) is 5.75 Å². The lowest BCUT2D eigenvalue weighted by Gasteiger charge is -2.08. The van der Waals surface area contributed by atoms with Crippen molar-refractivity contribution in [3.8, 4) is 5.75 Å². The van der Waals surface area contributed by atoms with Gasteiger partial charge in [0.15, 0.2) is 0 Å². The number of nitrogens with zero attached hydrogens (tertiary/aromatic N) is 1. The zero-order valence-corrected chi connectivity index (χ0v) is 14.8. The molecule has 0 fully saturated rings. The molecule has 0 aliphatic rings. The smallest absolute Gasteiger partial charge is 0.257 e. The Morgan fingerprint density at radius 2 is 1.70 bits per heavy atom. The molecule has 0 radical (unpaired) electrons. The summed E-state index contributed by atoms with van der Waals surface area (Å²) in [5.74, 6) is 0.349. The van der Waals surface area contributed by atoms with Crippen LogP contribution in [-0.4, -0.2) is 23.9 Å². The van der Waals surface area contributed by atoms with Crippen LogP contribution in [0.1, 0.15) is 15.9 Å². The van der Waals surface area contributed by atoms with Gasteiger partial charge in [-0.1, -0.05) is 12.1 Å². The molecular weight excluding hydrogens is 342 g/mol. The number of carbonyl (C=O) groups excluding carboxylic acids is 2. The minimum absolute atomic E-state index is 0.129. The zero-order valence-electron chi connectivity index (χ0n) is 14.8. The number of rotatable bonds is 6. The lowest BCUT2D eigenvalue weighted by molar-refractivity contribution is -0.115. The van der Waals surface area contributed by atoms with Gasteiger partial charge in [0, 0.05) is 23.8 Å². The summed E-state index contributed by atoms with van der Waals surface area (Å²) >= 11 is 0. The van der Waals surface area contributed by atoms with Crippen molar-refractivity contribution < 1.29 is 14.3 Å². The van der Waals surface area contributed by atoms with E-state index in [0.717, 1.165) is 5.56 Å². The third-order valence-electron chi connectivity index (χ3n) is 3.85. The Morgan fingerprint density at radius 3 is 2.37 bits per heavy atom. The van der Waals surface area contributed by atoms with E-state index < -0.39 is 0 Å². The predicted octanol–water partition coefficient (Wildman–Crippen LogP) is 3.52. The van der Waals surface area contributed by atoms with Gasteiger partial charge in [-0.3, -0.25) is 14.6 Å². The zero-order chi connectivity index (χ0) is 19.1. The summed E-state index contributed by atoms with van der Waals surface area (Å²) in [5.41, 5.74) is 2.64. The summed E-state index contributed by atoms with van der Waals surface area (Å²) in [6, 6.07) is 17.7.